The standard InChI is InChI=1S/C19H27F2N3O3/c1-11(2)18(24-9-12(3)27-13(4)10-24)19(26)22-8-17(25)23-14-5-6-15(20)16(21)7-14/h5-7,11-13,18H,8-10H2,1-4H3,(H,22,26)(H,23,25)/t12-,13-,18-/m1/s1. The summed E-state index contributed by atoms with van der Waals surface area (Å²) in [4.78, 5) is 26.8. The van der Waals surface area contributed by atoms with Crippen molar-refractivity contribution in [2.75, 3.05) is 25.0 Å². The van der Waals surface area contributed by atoms with E-state index in [2.05, 4.69) is 15.5 Å². The van der Waals surface area contributed by atoms with Gasteiger partial charge in [0.05, 0.1) is 24.8 Å². The molecule has 0 spiro atoms. The number of nitrogens with zero attached hydrogens (tertiary/aromatic N) is 1. The van der Waals surface area contributed by atoms with Gasteiger partial charge in [0.25, 0.3) is 0 Å². The van der Waals surface area contributed by atoms with E-state index < -0.39 is 17.5 Å². The second-order valence-corrected chi connectivity index (χ2v) is 7.29. The number of hydrogen-bond donors (Lipinski definition) is 2. The monoisotopic (exact) mass is 383 g/mol. The highest BCUT2D eigenvalue weighted by Crippen LogP contribution is 2.19. The lowest BCUT2D eigenvalue weighted by molar-refractivity contribution is -0.136. The van der Waals surface area contributed by atoms with Gasteiger partial charge in [-0.1, -0.05) is 13.8 Å². The molecule has 0 unspecified atom stereocenters. The largest absolute Gasteiger partial charge is 0.373 e. The molecule has 150 valence electrons. The van der Waals surface area contributed by atoms with Crippen LogP contribution in [0.15, 0.2) is 18.2 Å². The van der Waals surface area contributed by atoms with Crippen molar-refractivity contribution in [3.8, 4) is 0 Å². The number of morpholine rings is 1. The van der Waals surface area contributed by atoms with Crippen LogP contribution in [0.3, 0.4) is 0 Å². The summed E-state index contributed by atoms with van der Waals surface area (Å²) in [7, 11) is 0. The van der Waals surface area contributed by atoms with E-state index in [0.717, 1.165) is 12.1 Å². The molecular formula is C19H27F2N3O3. The average molecular weight is 383 g/mol. The summed E-state index contributed by atoms with van der Waals surface area (Å²) >= 11 is 0. The molecule has 0 bridgehead atoms. The topological polar surface area (TPSA) is 70.7 Å². The van der Waals surface area contributed by atoms with Crippen molar-refractivity contribution >= 4 is 17.5 Å². The third-order valence-corrected chi connectivity index (χ3v) is 4.37. The molecule has 8 heteroatoms. The zero-order chi connectivity index (χ0) is 20.1. The first-order chi connectivity index (χ1) is 12.7. The van der Waals surface area contributed by atoms with Crippen LogP contribution in [0.25, 0.3) is 0 Å². The van der Waals surface area contributed by atoms with Crippen molar-refractivity contribution < 1.29 is 23.1 Å². The van der Waals surface area contributed by atoms with Crippen LogP contribution in [0.4, 0.5) is 14.5 Å². The second kappa shape index (κ2) is 9.23. The van der Waals surface area contributed by atoms with Gasteiger partial charge in [-0.15, -0.1) is 0 Å². The van der Waals surface area contributed by atoms with Crippen LogP contribution in [0.1, 0.15) is 27.7 Å². The lowest BCUT2D eigenvalue weighted by atomic mass is 9.99. The van der Waals surface area contributed by atoms with Gasteiger partial charge in [-0.3, -0.25) is 14.5 Å². The van der Waals surface area contributed by atoms with E-state index in [1.54, 1.807) is 0 Å². The molecule has 0 aliphatic carbocycles. The van der Waals surface area contributed by atoms with E-state index in [1.807, 2.05) is 27.7 Å². The van der Waals surface area contributed by atoms with Crippen LogP contribution < -0.4 is 10.6 Å². The van der Waals surface area contributed by atoms with Gasteiger partial charge < -0.3 is 15.4 Å². The molecule has 0 aromatic heterocycles. The molecule has 0 radical (unpaired) electrons. The fraction of sp³-hybridized carbons (Fsp3) is 0.579. The Kier molecular flexibility index (Phi) is 7.26. The summed E-state index contributed by atoms with van der Waals surface area (Å²) < 4.78 is 31.8. The number of benzene rings is 1. The highest BCUT2D eigenvalue weighted by molar-refractivity contribution is 5.95. The lowest BCUT2D eigenvalue weighted by Crippen LogP contribution is -2.57. The molecule has 2 amide bonds. The summed E-state index contributed by atoms with van der Waals surface area (Å²) in [5, 5.41) is 5.07. The molecule has 1 aliphatic heterocycles. The van der Waals surface area contributed by atoms with E-state index >= 15 is 0 Å². The fourth-order valence-electron chi connectivity index (χ4n) is 3.39. The third kappa shape index (κ3) is 5.97. The number of nitrogens with one attached hydrogen (secondary N) is 2. The van der Waals surface area contributed by atoms with Gasteiger partial charge in [-0.25, -0.2) is 8.78 Å². The van der Waals surface area contributed by atoms with Crippen molar-refractivity contribution in [3.05, 3.63) is 29.8 Å². The third-order valence-electron chi connectivity index (χ3n) is 4.37. The SMILES string of the molecule is CC(C)[C@H](C(=O)NCC(=O)Nc1ccc(F)c(F)c1)N1C[C@@H](C)O[C@H](C)C1. The molecular weight excluding hydrogens is 356 g/mol. The fourth-order valence-corrected chi connectivity index (χ4v) is 3.39. The minimum Gasteiger partial charge on any atom is -0.373 e. The van der Waals surface area contributed by atoms with Gasteiger partial charge in [0.1, 0.15) is 0 Å². The molecule has 1 aromatic rings. The normalized spacial score (nSPS) is 21.7. The zero-order valence-corrected chi connectivity index (χ0v) is 16.1. The maximum absolute atomic E-state index is 13.2. The van der Waals surface area contributed by atoms with Gasteiger partial charge in [-0.05, 0) is 31.9 Å². The van der Waals surface area contributed by atoms with E-state index in [1.165, 1.54) is 6.07 Å². The van der Waals surface area contributed by atoms with E-state index in [4.69, 9.17) is 4.74 Å². The summed E-state index contributed by atoms with van der Waals surface area (Å²) in [5.41, 5.74) is 0.129. The zero-order valence-electron chi connectivity index (χ0n) is 16.1. The molecule has 2 rings (SSSR count). The Morgan fingerprint density at radius 3 is 2.37 bits per heavy atom. The number of amides is 2. The Hall–Kier alpha value is -2.06. The average Bonchev–Trinajstić information content (AvgIpc) is 2.55. The van der Waals surface area contributed by atoms with Gasteiger partial charge in [0.15, 0.2) is 11.6 Å². The smallest absolute Gasteiger partial charge is 0.243 e. The predicted octanol–water partition coefficient (Wildman–Crippen LogP) is 2.15. The second-order valence-electron chi connectivity index (χ2n) is 7.29. The van der Waals surface area contributed by atoms with E-state index in [0.29, 0.717) is 13.1 Å². The lowest BCUT2D eigenvalue weighted by Gasteiger charge is -2.40. The van der Waals surface area contributed by atoms with Crippen molar-refractivity contribution in [1.29, 1.82) is 0 Å². The maximum Gasteiger partial charge on any atom is 0.243 e. The molecule has 27 heavy (non-hydrogen) atoms. The molecule has 6 nitrogen and oxygen atoms in total. The van der Waals surface area contributed by atoms with Crippen molar-refractivity contribution in [2.45, 2.75) is 45.9 Å². The summed E-state index contributed by atoms with van der Waals surface area (Å²) in [6.45, 7) is 8.87. The predicted molar refractivity (Wildman–Crippen MR) is 98.2 cm³/mol. The highest BCUT2D eigenvalue weighted by atomic mass is 19.2. The highest BCUT2D eigenvalue weighted by Gasteiger charge is 2.34. The number of ether oxygens (including phenoxy) is 1. The number of hydrogen-bond acceptors (Lipinski definition) is 4. The van der Waals surface area contributed by atoms with Crippen LogP contribution in [-0.2, 0) is 14.3 Å². The molecule has 1 aromatic carbocycles. The van der Waals surface area contributed by atoms with Gasteiger partial charge in [0.2, 0.25) is 11.8 Å². The minimum atomic E-state index is -1.05. The Labute approximate surface area is 158 Å². The Morgan fingerprint density at radius 2 is 1.81 bits per heavy atom. The molecule has 1 saturated heterocycles. The first-order valence-electron chi connectivity index (χ1n) is 9.09. The number of halogens is 2. The summed E-state index contributed by atoms with van der Waals surface area (Å²) in [6.07, 6.45) is 0.0546. The first kappa shape index (κ1) is 21.2. The Bertz CT molecular complexity index is 674. The first-order valence-corrected chi connectivity index (χ1v) is 9.09. The van der Waals surface area contributed by atoms with Crippen LogP contribution in [0.2, 0.25) is 0 Å². The Balaban J connectivity index is 1.93. The number of anilines is 1. The number of carbonyl (C=O) groups is 2. The molecule has 1 heterocycles. The van der Waals surface area contributed by atoms with Gasteiger partial charge in [0, 0.05) is 24.8 Å². The summed E-state index contributed by atoms with van der Waals surface area (Å²) in [6, 6.07) is 2.70. The minimum absolute atomic E-state index is 0.0273. The molecule has 3 atom stereocenters. The van der Waals surface area contributed by atoms with Crippen LogP contribution in [0.5, 0.6) is 0 Å². The van der Waals surface area contributed by atoms with E-state index in [9.17, 15) is 18.4 Å². The number of rotatable bonds is 6. The van der Waals surface area contributed by atoms with Crippen molar-refractivity contribution in [1.82, 2.24) is 10.2 Å². The van der Waals surface area contributed by atoms with Crippen LogP contribution in [0, 0.1) is 17.6 Å². The molecule has 0 saturated carbocycles. The van der Waals surface area contributed by atoms with E-state index in [-0.39, 0.29) is 42.3 Å². The Morgan fingerprint density at radius 1 is 1.19 bits per heavy atom. The van der Waals surface area contributed by atoms with Gasteiger partial charge in [-0.2, -0.15) is 0 Å². The quantitative estimate of drug-likeness (QED) is 0.790. The van der Waals surface area contributed by atoms with Gasteiger partial charge >= 0.3 is 0 Å². The van der Waals surface area contributed by atoms with Crippen molar-refractivity contribution in [3.63, 3.8) is 0 Å². The van der Waals surface area contributed by atoms with Crippen molar-refractivity contribution in [2.24, 2.45) is 5.92 Å². The van der Waals surface area contributed by atoms with Crippen LogP contribution >= 0.6 is 0 Å². The molecule has 1 aliphatic rings. The maximum atomic E-state index is 13.2. The number of carbonyl (C=O) groups excluding carboxylic acids is 2. The van der Waals surface area contributed by atoms with Crippen LogP contribution in [-0.4, -0.2) is 54.6 Å². The molecule has 2 N–H and O–H groups in total. The summed E-state index contributed by atoms with van der Waals surface area (Å²) in [5.74, 6) is -2.74. The molecule has 1 fully saturated rings.